The lowest BCUT2D eigenvalue weighted by Crippen LogP contribution is -2.41. The smallest absolute Gasteiger partial charge is 0.241 e. The lowest BCUT2D eigenvalue weighted by atomic mass is 10.0. The first kappa shape index (κ1) is 18.2. The molecule has 0 fully saturated rings. The summed E-state index contributed by atoms with van der Waals surface area (Å²) in [5.74, 6) is 4.45. The van der Waals surface area contributed by atoms with Crippen LogP contribution in [0, 0.1) is 11.8 Å². The average molecular weight is 362 g/mol. The van der Waals surface area contributed by atoms with Crippen molar-refractivity contribution in [2.75, 3.05) is 0 Å². The zero-order valence-electron chi connectivity index (χ0n) is 13.0. The van der Waals surface area contributed by atoms with Gasteiger partial charge < -0.3 is 0 Å². The van der Waals surface area contributed by atoms with Gasteiger partial charge >= 0.3 is 0 Å². The minimum atomic E-state index is -3.86. The largest absolute Gasteiger partial charge is 0.283 e. The summed E-state index contributed by atoms with van der Waals surface area (Å²) in [5, 5.41) is 0.433. The predicted octanol–water partition coefficient (Wildman–Crippen LogP) is 2.82. The van der Waals surface area contributed by atoms with Gasteiger partial charge in [-0.05, 0) is 49.1 Å². The molecule has 0 radical (unpaired) electrons. The number of ketones is 1. The van der Waals surface area contributed by atoms with Crippen LogP contribution in [0.4, 0.5) is 0 Å². The normalized spacial score (nSPS) is 12.1. The second-order valence-corrected chi connectivity index (χ2v) is 7.21. The second kappa shape index (κ2) is 8.11. The molecule has 0 heterocycles. The van der Waals surface area contributed by atoms with Crippen LogP contribution in [0.15, 0.2) is 59.5 Å². The fourth-order valence-electron chi connectivity index (χ4n) is 2.12. The Kier molecular flexibility index (Phi) is 6.16. The van der Waals surface area contributed by atoms with Crippen LogP contribution >= 0.6 is 11.6 Å². The van der Waals surface area contributed by atoms with Gasteiger partial charge in [-0.1, -0.05) is 47.9 Å². The molecule has 0 aliphatic carbocycles. The fraction of sp³-hybridized carbons (Fsp3) is 0.167. The van der Waals surface area contributed by atoms with Crippen LogP contribution in [0.3, 0.4) is 0 Å². The monoisotopic (exact) mass is 361 g/mol. The number of benzene rings is 2. The van der Waals surface area contributed by atoms with Crippen LogP contribution in [-0.2, 0) is 21.2 Å². The predicted molar refractivity (Wildman–Crippen MR) is 94.2 cm³/mol. The number of nitrogens with one attached hydrogen (secondary N) is 1. The summed E-state index contributed by atoms with van der Waals surface area (Å²) in [7, 11) is -3.86. The molecule has 0 aromatic heterocycles. The molecule has 2 rings (SSSR count). The van der Waals surface area contributed by atoms with Gasteiger partial charge in [-0.3, -0.25) is 4.79 Å². The summed E-state index contributed by atoms with van der Waals surface area (Å²) in [6.07, 6.45) is 0.223. The molecule has 0 saturated carbocycles. The van der Waals surface area contributed by atoms with E-state index in [1.165, 1.54) is 31.2 Å². The van der Waals surface area contributed by atoms with Gasteiger partial charge in [0.2, 0.25) is 15.8 Å². The van der Waals surface area contributed by atoms with Crippen molar-refractivity contribution in [2.24, 2.45) is 0 Å². The molecule has 0 aliphatic rings. The molecule has 0 saturated heterocycles. The Labute approximate surface area is 146 Å². The van der Waals surface area contributed by atoms with E-state index in [1.54, 1.807) is 0 Å². The van der Waals surface area contributed by atoms with Gasteiger partial charge in [0.15, 0.2) is 0 Å². The third-order valence-corrected chi connectivity index (χ3v) is 5.01. The van der Waals surface area contributed by atoms with Crippen LogP contribution in [0.5, 0.6) is 0 Å². The first-order valence-electron chi connectivity index (χ1n) is 7.21. The number of sulfonamides is 1. The molecule has 24 heavy (non-hydrogen) atoms. The van der Waals surface area contributed by atoms with E-state index >= 15 is 0 Å². The summed E-state index contributed by atoms with van der Waals surface area (Å²) < 4.78 is 27.4. The van der Waals surface area contributed by atoms with Crippen molar-refractivity contribution in [3.8, 4) is 11.8 Å². The van der Waals surface area contributed by atoms with Crippen LogP contribution in [0.1, 0.15) is 12.5 Å². The molecule has 4 nitrogen and oxygen atoms in total. The lowest BCUT2D eigenvalue weighted by molar-refractivity contribution is -0.115. The number of rotatable bonds is 6. The van der Waals surface area contributed by atoms with Crippen molar-refractivity contribution in [1.29, 1.82) is 0 Å². The summed E-state index contributed by atoms with van der Waals surface area (Å²) in [6, 6.07) is 14.0. The Morgan fingerprint density at radius 2 is 1.75 bits per heavy atom. The van der Waals surface area contributed by atoms with E-state index in [1.807, 2.05) is 30.3 Å². The number of halogens is 1. The number of carbonyl (C=O) groups excluding carboxylic acids is 1. The van der Waals surface area contributed by atoms with Crippen LogP contribution in [-0.4, -0.2) is 20.2 Å². The number of hydrogen-bond acceptors (Lipinski definition) is 3. The Balaban J connectivity index is 2.28. The molecule has 0 bridgehead atoms. The molecule has 0 unspecified atom stereocenters. The maximum absolute atomic E-state index is 12.5. The first-order valence-corrected chi connectivity index (χ1v) is 9.07. The maximum Gasteiger partial charge on any atom is 0.241 e. The Bertz CT molecular complexity index is 866. The zero-order chi connectivity index (χ0) is 17.6. The van der Waals surface area contributed by atoms with Crippen LogP contribution < -0.4 is 4.72 Å². The summed E-state index contributed by atoms with van der Waals surface area (Å²) in [6.45, 7) is 1.53. The molecule has 2 aromatic carbocycles. The van der Waals surface area contributed by atoms with Crippen molar-refractivity contribution in [2.45, 2.75) is 24.3 Å². The van der Waals surface area contributed by atoms with Gasteiger partial charge in [-0.15, -0.1) is 0 Å². The molecule has 0 aliphatic heterocycles. The first-order chi connectivity index (χ1) is 11.4. The van der Waals surface area contributed by atoms with E-state index in [2.05, 4.69) is 16.6 Å². The second-order valence-electron chi connectivity index (χ2n) is 5.06. The van der Waals surface area contributed by atoms with Gasteiger partial charge in [0, 0.05) is 5.02 Å². The van der Waals surface area contributed by atoms with Crippen molar-refractivity contribution in [1.82, 2.24) is 4.72 Å². The molecular formula is C18H16ClNO3S. The molecule has 6 heteroatoms. The lowest BCUT2D eigenvalue weighted by Gasteiger charge is -2.16. The molecule has 1 N–H and O–H groups in total. The average Bonchev–Trinajstić information content (AvgIpc) is 2.55. The van der Waals surface area contributed by atoms with Crippen LogP contribution in [0.2, 0.25) is 5.02 Å². The van der Waals surface area contributed by atoms with Gasteiger partial charge in [0.25, 0.3) is 0 Å². The van der Waals surface area contributed by atoms with Crippen molar-refractivity contribution >= 4 is 27.4 Å². The third kappa shape index (κ3) is 4.93. The van der Waals surface area contributed by atoms with E-state index in [-0.39, 0.29) is 11.3 Å². The van der Waals surface area contributed by atoms with E-state index in [4.69, 9.17) is 11.6 Å². The molecule has 124 valence electrons. The van der Waals surface area contributed by atoms with Gasteiger partial charge in [0.1, 0.15) is 0 Å². The standard InChI is InChI=1S/C18H16ClNO3S/c1-2-6-18(21)17(13-14-7-4-3-5-8-14)20-24(22,23)16-11-9-15(19)10-12-16/h3-5,7-12,17,20H,13H2,1H3/t17-/m1/s1. The quantitative estimate of drug-likeness (QED) is 0.635. The summed E-state index contributed by atoms with van der Waals surface area (Å²) in [5.41, 5.74) is 0.840. The Hall–Kier alpha value is -2.13. The van der Waals surface area contributed by atoms with E-state index < -0.39 is 21.8 Å². The van der Waals surface area contributed by atoms with E-state index in [0.29, 0.717) is 5.02 Å². The highest BCUT2D eigenvalue weighted by atomic mass is 35.5. The fourth-order valence-corrected chi connectivity index (χ4v) is 3.44. The minimum absolute atomic E-state index is 0.0437. The Morgan fingerprint density at radius 1 is 1.12 bits per heavy atom. The minimum Gasteiger partial charge on any atom is -0.283 e. The Morgan fingerprint density at radius 3 is 2.33 bits per heavy atom. The highest BCUT2D eigenvalue weighted by molar-refractivity contribution is 7.89. The molecule has 2 aromatic rings. The number of Topliss-reactive ketones (excluding diaryl/α,β-unsaturated/α-hetero) is 1. The SMILES string of the molecule is CC#CC(=O)[C@@H](Cc1ccccc1)NS(=O)(=O)c1ccc(Cl)cc1. The van der Waals surface area contributed by atoms with Crippen molar-refractivity contribution in [3.05, 3.63) is 65.2 Å². The third-order valence-electron chi connectivity index (χ3n) is 3.27. The van der Waals surface area contributed by atoms with E-state index in [9.17, 15) is 13.2 Å². The highest BCUT2D eigenvalue weighted by Crippen LogP contribution is 2.15. The highest BCUT2D eigenvalue weighted by Gasteiger charge is 2.25. The number of hydrogen-bond donors (Lipinski definition) is 1. The maximum atomic E-state index is 12.5. The molecule has 1 atom stereocenters. The molecule has 0 spiro atoms. The van der Waals surface area contributed by atoms with Gasteiger partial charge in [0.05, 0.1) is 10.9 Å². The molecular weight excluding hydrogens is 346 g/mol. The number of carbonyl (C=O) groups is 1. The topological polar surface area (TPSA) is 63.2 Å². The zero-order valence-corrected chi connectivity index (χ0v) is 14.6. The van der Waals surface area contributed by atoms with Gasteiger partial charge in [-0.25, -0.2) is 8.42 Å². The van der Waals surface area contributed by atoms with E-state index in [0.717, 1.165) is 5.56 Å². The summed E-state index contributed by atoms with van der Waals surface area (Å²) >= 11 is 5.78. The molecule has 0 amide bonds. The van der Waals surface area contributed by atoms with Crippen molar-refractivity contribution < 1.29 is 13.2 Å². The van der Waals surface area contributed by atoms with Gasteiger partial charge in [-0.2, -0.15) is 4.72 Å². The van der Waals surface area contributed by atoms with Crippen molar-refractivity contribution in [3.63, 3.8) is 0 Å². The summed E-state index contributed by atoms with van der Waals surface area (Å²) in [4.78, 5) is 12.2. The van der Waals surface area contributed by atoms with Crippen LogP contribution in [0.25, 0.3) is 0 Å².